The highest BCUT2D eigenvalue weighted by molar-refractivity contribution is 5.44. The second-order valence-corrected chi connectivity index (χ2v) is 4.49. The van der Waals surface area contributed by atoms with Crippen molar-refractivity contribution < 1.29 is 0 Å². The normalized spacial score (nSPS) is 15.3. The Kier molecular flexibility index (Phi) is 3.28. The Morgan fingerprint density at radius 3 is 2.24 bits per heavy atom. The van der Waals surface area contributed by atoms with Gasteiger partial charge in [-0.15, -0.1) is 0 Å². The number of nitrogens with one attached hydrogen (secondary N) is 1. The van der Waals surface area contributed by atoms with Crippen molar-refractivity contribution in [3.63, 3.8) is 0 Å². The summed E-state index contributed by atoms with van der Waals surface area (Å²) in [5, 5.41) is 0. The smallest absolute Gasteiger partial charge is 0.243 e. The van der Waals surface area contributed by atoms with Crippen LogP contribution in [0.15, 0.2) is 0 Å². The predicted molar refractivity (Wildman–Crippen MR) is 68.0 cm³/mol. The Bertz CT molecular complexity index is 388. The Morgan fingerprint density at radius 1 is 1.12 bits per heavy atom. The van der Waals surface area contributed by atoms with E-state index in [0.717, 1.165) is 0 Å². The molecule has 0 aliphatic heterocycles. The molecule has 0 radical (unpaired) electrons. The van der Waals surface area contributed by atoms with E-state index < -0.39 is 0 Å². The lowest BCUT2D eigenvalue weighted by Gasteiger charge is -2.34. The molecule has 1 aliphatic rings. The first kappa shape index (κ1) is 11.8. The van der Waals surface area contributed by atoms with E-state index in [1.54, 1.807) is 0 Å². The zero-order valence-corrected chi connectivity index (χ0v) is 10.5. The molecular weight excluding hydrogens is 218 g/mol. The minimum Gasteiger partial charge on any atom is -0.347 e. The van der Waals surface area contributed by atoms with Crippen molar-refractivity contribution in [1.29, 1.82) is 0 Å². The van der Waals surface area contributed by atoms with Crippen molar-refractivity contribution in [3.8, 4) is 0 Å². The van der Waals surface area contributed by atoms with Crippen molar-refractivity contribution in [2.45, 2.75) is 25.3 Å². The Balaban J connectivity index is 2.28. The third-order valence-electron chi connectivity index (χ3n) is 3.08. The van der Waals surface area contributed by atoms with Crippen molar-refractivity contribution in [2.75, 3.05) is 36.4 Å². The highest BCUT2D eigenvalue weighted by atomic mass is 15.4. The van der Waals surface area contributed by atoms with Crippen LogP contribution < -0.4 is 21.1 Å². The molecule has 2 rings (SSSR count). The molecule has 17 heavy (non-hydrogen) atoms. The van der Waals surface area contributed by atoms with Crippen LogP contribution in [0.2, 0.25) is 0 Å². The first-order valence-electron chi connectivity index (χ1n) is 5.74. The number of nitrogens with two attached hydrogens (primary N) is 1. The number of rotatable bonds is 4. The highest BCUT2D eigenvalue weighted by Crippen LogP contribution is 2.27. The number of nitrogen functional groups attached to an aromatic ring is 1. The van der Waals surface area contributed by atoms with Crippen molar-refractivity contribution in [1.82, 2.24) is 15.0 Å². The van der Waals surface area contributed by atoms with Gasteiger partial charge in [-0.2, -0.15) is 15.0 Å². The van der Waals surface area contributed by atoms with E-state index in [4.69, 9.17) is 5.84 Å². The van der Waals surface area contributed by atoms with Crippen LogP contribution in [0.5, 0.6) is 0 Å². The summed E-state index contributed by atoms with van der Waals surface area (Å²) in [4.78, 5) is 16.8. The lowest BCUT2D eigenvalue weighted by Crippen LogP contribution is -2.38. The summed E-state index contributed by atoms with van der Waals surface area (Å²) in [5.74, 6) is 7.04. The molecule has 0 bridgehead atoms. The number of hydrogen-bond donors (Lipinski definition) is 2. The molecule has 1 aromatic heterocycles. The van der Waals surface area contributed by atoms with Gasteiger partial charge in [0.1, 0.15) is 0 Å². The van der Waals surface area contributed by atoms with Gasteiger partial charge in [0.2, 0.25) is 17.8 Å². The zero-order valence-electron chi connectivity index (χ0n) is 10.5. The number of aromatic nitrogens is 3. The van der Waals surface area contributed by atoms with Gasteiger partial charge < -0.3 is 9.80 Å². The first-order valence-corrected chi connectivity index (χ1v) is 5.74. The van der Waals surface area contributed by atoms with E-state index in [-0.39, 0.29) is 0 Å². The molecule has 3 N–H and O–H groups in total. The van der Waals surface area contributed by atoms with Crippen molar-refractivity contribution >= 4 is 17.8 Å². The fourth-order valence-electron chi connectivity index (χ4n) is 1.71. The van der Waals surface area contributed by atoms with Gasteiger partial charge in [-0.3, -0.25) is 5.43 Å². The van der Waals surface area contributed by atoms with Gasteiger partial charge in [0.05, 0.1) is 0 Å². The summed E-state index contributed by atoms with van der Waals surface area (Å²) in [6.07, 6.45) is 3.68. The van der Waals surface area contributed by atoms with E-state index in [1.807, 2.05) is 26.0 Å². The maximum absolute atomic E-state index is 5.37. The summed E-state index contributed by atoms with van der Waals surface area (Å²) in [7, 11) is 5.80. The summed E-state index contributed by atoms with van der Waals surface area (Å²) in [5.41, 5.74) is 2.48. The van der Waals surface area contributed by atoms with Gasteiger partial charge in [0.15, 0.2) is 0 Å². The van der Waals surface area contributed by atoms with E-state index in [2.05, 4.69) is 25.3 Å². The Hall–Kier alpha value is -1.63. The van der Waals surface area contributed by atoms with Gasteiger partial charge in [-0.25, -0.2) is 5.84 Å². The van der Waals surface area contributed by atoms with Crippen LogP contribution >= 0.6 is 0 Å². The molecule has 0 amide bonds. The topological polar surface area (TPSA) is 83.2 Å². The maximum Gasteiger partial charge on any atom is 0.243 e. The van der Waals surface area contributed by atoms with Crippen molar-refractivity contribution in [3.05, 3.63) is 0 Å². The van der Waals surface area contributed by atoms with E-state index in [9.17, 15) is 0 Å². The summed E-state index contributed by atoms with van der Waals surface area (Å²) >= 11 is 0. The largest absolute Gasteiger partial charge is 0.347 e. The molecular formula is C10H19N7. The van der Waals surface area contributed by atoms with Gasteiger partial charge >= 0.3 is 0 Å². The molecule has 7 heteroatoms. The molecule has 94 valence electrons. The summed E-state index contributed by atoms with van der Waals surface area (Å²) in [6.45, 7) is 0. The molecule has 1 aromatic rings. The van der Waals surface area contributed by atoms with Gasteiger partial charge in [-0.05, 0) is 19.3 Å². The van der Waals surface area contributed by atoms with Crippen LogP contribution in [-0.2, 0) is 0 Å². The van der Waals surface area contributed by atoms with Crippen LogP contribution in [0.3, 0.4) is 0 Å². The number of nitrogens with zero attached hydrogens (tertiary/aromatic N) is 5. The Morgan fingerprint density at radius 2 is 1.76 bits per heavy atom. The van der Waals surface area contributed by atoms with E-state index in [1.165, 1.54) is 19.3 Å². The minimum absolute atomic E-state index is 0.393. The molecule has 0 aromatic carbocycles. The van der Waals surface area contributed by atoms with Gasteiger partial charge in [-0.1, -0.05) is 0 Å². The van der Waals surface area contributed by atoms with Crippen LogP contribution in [0, 0.1) is 0 Å². The van der Waals surface area contributed by atoms with Crippen LogP contribution in [0.4, 0.5) is 17.8 Å². The molecule has 0 spiro atoms. The Labute approximate surface area is 101 Å². The monoisotopic (exact) mass is 237 g/mol. The molecule has 0 unspecified atom stereocenters. The molecule has 0 saturated heterocycles. The quantitative estimate of drug-likeness (QED) is 0.572. The second-order valence-electron chi connectivity index (χ2n) is 4.49. The minimum atomic E-state index is 0.393. The van der Waals surface area contributed by atoms with Gasteiger partial charge in [0.25, 0.3) is 0 Å². The fraction of sp³-hybridized carbons (Fsp3) is 0.700. The van der Waals surface area contributed by atoms with Crippen LogP contribution in [-0.4, -0.2) is 42.1 Å². The number of hydrazine groups is 1. The standard InChI is InChI=1S/C10H19N7/c1-16(2)9-12-8(15-11)13-10(14-9)17(3)7-5-4-6-7/h7H,4-6,11H2,1-3H3,(H,12,13,14,15). The van der Waals surface area contributed by atoms with Crippen LogP contribution in [0.1, 0.15) is 19.3 Å². The lowest BCUT2D eigenvalue weighted by atomic mass is 9.92. The summed E-state index contributed by atoms with van der Waals surface area (Å²) < 4.78 is 0. The van der Waals surface area contributed by atoms with Gasteiger partial charge in [0, 0.05) is 27.2 Å². The van der Waals surface area contributed by atoms with Crippen LogP contribution in [0.25, 0.3) is 0 Å². The number of hydrogen-bond acceptors (Lipinski definition) is 7. The SMILES string of the molecule is CN(C)c1nc(NN)nc(N(C)C2CCC2)n1. The molecule has 1 heterocycles. The van der Waals surface area contributed by atoms with E-state index in [0.29, 0.717) is 23.9 Å². The average Bonchev–Trinajstić information content (AvgIpc) is 2.25. The summed E-state index contributed by atoms with van der Waals surface area (Å²) in [6, 6.07) is 0.540. The molecule has 0 atom stereocenters. The molecule has 1 saturated carbocycles. The molecule has 7 nitrogen and oxygen atoms in total. The average molecular weight is 237 g/mol. The first-order chi connectivity index (χ1) is 8.11. The third-order valence-corrected chi connectivity index (χ3v) is 3.08. The highest BCUT2D eigenvalue weighted by Gasteiger charge is 2.24. The molecule has 1 aliphatic carbocycles. The predicted octanol–water partition coefficient (Wildman–Crippen LogP) is 0.212. The molecule has 1 fully saturated rings. The van der Waals surface area contributed by atoms with Crippen molar-refractivity contribution in [2.24, 2.45) is 5.84 Å². The van der Waals surface area contributed by atoms with E-state index >= 15 is 0 Å². The number of anilines is 3. The third kappa shape index (κ3) is 2.38. The zero-order chi connectivity index (χ0) is 12.4. The lowest BCUT2D eigenvalue weighted by molar-refractivity contribution is 0.397. The fourth-order valence-corrected chi connectivity index (χ4v) is 1.71. The maximum atomic E-state index is 5.37. The second kappa shape index (κ2) is 4.70.